The van der Waals surface area contributed by atoms with Gasteiger partial charge in [-0.3, -0.25) is 0 Å². The second-order valence-corrected chi connectivity index (χ2v) is 5.74. The minimum Gasteiger partial charge on any atom is -0.493 e. The summed E-state index contributed by atoms with van der Waals surface area (Å²) in [6.07, 6.45) is 3.01. The van der Waals surface area contributed by atoms with Crippen LogP contribution in [0.2, 0.25) is 0 Å². The summed E-state index contributed by atoms with van der Waals surface area (Å²) >= 11 is 0. The van der Waals surface area contributed by atoms with Crippen LogP contribution in [0.1, 0.15) is 18.4 Å². The van der Waals surface area contributed by atoms with Gasteiger partial charge in [0, 0.05) is 12.2 Å². The maximum Gasteiger partial charge on any atom is 0.123 e. The predicted molar refractivity (Wildman–Crippen MR) is 85.8 cm³/mol. The van der Waals surface area contributed by atoms with Crippen molar-refractivity contribution in [1.82, 2.24) is 5.32 Å². The van der Waals surface area contributed by atoms with Gasteiger partial charge in [0.15, 0.2) is 0 Å². The molecular weight excluding hydrogens is 262 g/mol. The van der Waals surface area contributed by atoms with E-state index in [-0.39, 0.29) is 6.61 Å². The van der Waals surface area contributed by atoms with Gasteiger partial charge in [-0.15, -0.1) is 0 Å². The molecule has 0 aliphatic carbocycles. The quantitative estimate of drug-likeness (QED) is 0.887. The molecule has 0 radical (unpaired) electrons. The minimum atomic E-state index is 0.151. The summed E-state index contributed by atoms with van der Waals surface area (Å²) in [7, 11) is 0. The Morgan fingerprint density at radius 3 is 2.71 bits per heavy atom. The summed E-state index contributed by atoms with van der Waals surface area (Å²) in [4.78, 5) is 0. The highest BCUT2D eigenvalue weighted by Gasteiger charge is 2.15. The molecule has 1 saturated heterocycles. The standard InChI is InChI=1S/C18H23NO2/c20-12-9-17-16-4-2-1-3-15(16)5-6-18(17)21-13-14-7-10-19-11-8-14/h1-6,14,19-20H,7-13H2. The number of fused-ring (bicyclic) bond motifs is 1. The van der Waals surface area contributed by atoms with E-state index in [1.807, 2.05) is 12.1 Å². The Morgan fingerprint density at radius 1 is 1.10 bits per heavy atom. The van der Waals surface area contributed by atoms with Gasteiger partial charge in [0.1, 0.15) is 5.75 Å². The molecule has 1 heterocycles. The molecule has 21 heavy (non-hydrogen) atoms. The number of ether oxygens (including phenoxy) is 1. The maximum absolute atomic E-state index is 9.36. The van der Waals surface area contributed by atoms with Crippen LogP contribution in [-0.4, -0.2) is 31.4 Å². The lowest BCUT2D eigenvalue weighted by atomic mass is 9.99. The van der Waals surface area contributed by atoms with Crippen LogP contribution in [0.5, 0.6) is 5.75 Å². The Kier molecular flexibility index (Phi) is 4.73. The van der Waals surface area contributed by atoms with E-state index in [4.69, 9.17) is 4.74 Å². The van der Waals surface area contributed by atoms with E-state index in [0.29, 0.717) is 12.3 Å². The molecule has 0 aromatic heterocycles. The van der Waals surface area contributed by atoms with Crippen LogP contribution in [0.15, 0.2) is 36.4 Å². The van der Waals surface area contributed by atoms with Crippen LogP contribution in [0, 0.1) is 5.92 Å². The molecule has 112 valence electrons. The van der Waals surface area contributed by atoms with Gasteiger partial charge in [-0.05, 0) is 55.1 Å². The number of piperidine rings is 1. The van der Waals surface area contributed by atoms with Gasteiger partial charge in [0.2, 0.25) is 0 Å². The van der Waals surface area contributed by atoms with Crippen LogP contribution in [-0.2, 0) is 6.42 Å². The summed E-state index contributed by atoms with van der Waals surface area (Å²) in [6, 6.07) is 12.5. The number of rotatable bonds is 5. The molecule has 1 aliphatic rings. The average molecular weight is 285 g/mol. The van der Waals surface area contributed by atoms with Crippen LogP contribution < -0.4 is 10.1 Å². The average Bonchev–Trinajstić information content (AvgIpc) is 2.55. The molecule has 0 unspecified atom stereocenters. The van der Waals surface area contributed by atoms with E-state index in [9.17, 15) is 5.11 Å². The first-order valence-electron chi connectivity index (χ1n) is 7.83. The smallest absolute Gasteiger partial charge is 0.123 e. The SMILES string of the molecule is OCCc1c(OCC2CCNCC2)ccc2ccccc12. The number of hydrogen-bond acceptors (Lipinski definition) is 3. The van der Waals surface area contributed by atoms with Gasteiger partial charge < -0.3 is 15.2 Å². The molecule has 2 aromatic rings. The predicted octanol–water partition coefficient (Wildman–Crippen LogP) is 2.75. The first kappa shape index (κ1) is 14.4. The highest BCUT2D eigenvalue weighted by molar-refractivity contribution is 5.87. The first-order chi connectivity index (χ1) is 10.4. The van der Waals surface area contributed by atoms with Gasteiger partial charge in [-0.25, -0.2) is 0 Å². The number of aliphatic hydroxyl groups is 1. The monoisotopic (exact) mass is 285 g/mol. The zero-order chi connectivity index (χ0) is 14.5. The fraction of sp³-hybridized carbons (Fsp3) is 0.444. The van der Waals surface area contributed by atoms with Crippen molar-refractivity contribution >= 4 is 10.8 Å². The second kappa shape index (κ2) is 6.92. The van der Waals surface area contributed by atoms with Crippen LogP contribution in [0.3, 0.4) is 0 Å². The zero-order valence-corrected chi connectivity index (χ0v) is 12.3. The molecule has 2 N–H and O–H groups in total. The first-order valence-corrected chi connectivity index (χ1v) is 7.83. The van der Waals surface area contributed by atoms with Crippen LogP contribution >= 0.6 is 0 Å². The van der Waals surface area contributed by atoms with Gasteiger partial charge >= 0.3 is 0 Å². The molecule has 0 spiro atoms. The van der Waals surface area contributed by atoms with E-state index in [0.717, 1.165) is 31.0 Å². The molecule has 3 rings (SSSR count). The zero-order valence-electron chi connectivity index (χ0n) is 12.3. The van der Waals surface area contributed by atoms with Crippen LogP contribution in [0.4, 0.5) is 0 Å². The third-order valence-electron chi connectivity index (χ3n) is 4.29. The summed E-state index contributed by atoms with van der Waals surface area (Å²) < 4.78 is 6.10. The molecule has 3 heteroatoms. The number of aliphatic hydroxyl groups excluding tert-OH is 1. The van der Waals surface area contributed by atoms with Gasteiger partial charge in [-0.2, -0.15) is 0 Å². The largest absolute Gasteiger partial charge is 0.493 e. The summed E-state index contributed by atoms with van der Waals surface area (Å²) in [5.74, 6) is 1.57. The maximum atomic E-state index is 9.36. The lowest BCUT2D eigenvalue weighted by Crippen LogP contribution is -2.30. The van der Waals surface area contributed by atoms with E-state index >= 15 is 0 Å². The number of nitrogens with one attached hydrogen (secondary N) is 1. The lowest BCUT2D eigenvalue weighted by Gasteiger charge is -2.23. The normalized spacial score (nSPS) is 16.2. The highest BCUT2D eigenvalue weighted by Crippen LogP contribution is 2.29. The van der Waals surface area contributed by atoms with E-state index in [1.165, 1.54) is 23.6 Å². The molecule has 0 saturated carbocycles. The van der Waals surface area contributed by atoms with Crippen molar-refractivity contribution in [2.45, 2.75) is 19.3 Å². The molecule has 0 bridgehead atoms. The molecule has 3 nitrogen and oxygen atoms in total. The molecule has 2 aromatic carbocycles. The molecule has 0 amide bonds. The van der Waals surface area contributed by atoms with E-state index in [1.54, 1.807) is 0 Å². The molecule has 1 aliphatic heterocycles. The van der Waals surface area contributed by atoms with Crippen molar-refractivity contribution in [3.8, 4) is 5.75 Å². The third kappa shape index (κ3) is 3.36. The summed E-state index contributed by atoms with van der Waals surface area (Å²) in [5.41, 5.74) is 1.13. The fourth-order valence-electron chi connectivity index (χ4n) is 3.08. The molecule has 0 atom stereocenters. The molecule has 1 fully saturated rings. The summed E-state index contributed by atoms with van der Waals surface area (Å²) in [5, 5.41) is 15.1. The van der Waals surface area contributed by atoms with Crippen LogP contribution in [0.25, 0.3) is 10.8 Å². The van der Waals surface area contributed by atoms with Gasteiger partial charge in [0.25, 0.3) is 0 Å². The molecular formula is C18H23NO2. The second-order valence-electron chi connectivity index (χ2n) is 5.74. The summed E-state index contributed by atoms with van der Waals surface area (Å²) in [6.45, 7) is 3.11. The Labute approximate surface area is 125 Å². The van der Waals surface area contributed by atoms with Crippen molar-refractivity contribution in [3.05, 3.63) is 42.0 Å². The van der Waals surface area contributed by atoms with Crippen molar-refractivity contribution in [2.75, 3.05) is 26.3 Å². The van der Waals surface area contributed by atoms with Crippen molar-refractivity contribution in [3.63, 3.8) is 0 Å². The number of hydrogen-bond donors (Lipinski definition) is 2. The highest BCUT2D eigenvalue weighted by atomic mass is 16.5. The Morgan fingerprint density at radius 2 is 1.90 bits per heavy atom. The van der Waals surface area contributed by atoms with E-state index in [2.05, 4.69) is 29.6 Å². The van der Waals surface area contributed by atoms with Crippen molar-refractivity contribution in [2.24, 2.45) is 5.92 Å². The Balaban J connectivity index is 1.81. The lowest BCUT2D eigenvalue weighted by molar-refractivity contribution is 0.212. The Hall–Kier alpha value is -1.58. The van der Waals surface area contributed by atoms with Crippen molar-refractivity contribution < 1.29 is 9.84 Å². The number of benzene rings is 2. The van der Waals surface area contributed by atoms with Gasteiger partial charge in [-0.1, -0.05) is 30.3 Å². The third-order valence-corrected chi connectivity index (χ3v) is 4.29. The topological polar surface area (TPSA) is 41.5 Å². The van der Waals surface area contributed by atoms with Crippen molar-refractivity contribution in [1.29, 1.82) is 0 Å². The minimum absolute atomic E-state index is 0.151. The van der Waals surface area contributed by atoms with Gasteiger partial charge in [0.05, 0.1) is 6.61 Å². The van der Waals surface area contributed by atoms with E-state index < -0.39 is 0 Å². The fourth-order valence-corrected chi connectivity index (χ4v) is 3.08. The Bertz CT molecular complexity index is 591.